The average Bonchev–Trinajstić information content (AvgIpc) is 2.13. The van der Waals surface area contributed by atoms with E-state index in [9.17, 15) is 0 Å². The van der Waals surface area contributed by atoms with Crippen molar-refractivity contribution >= 4 is 35.8 Å². The van der Waals surface area contributed by atoms with Gasteiger partial charge in [0.1, 0.15) is 5.15 Å². The van der Waals surface area contributed by atoms with Crippen molar-refractivity contribution < 1.29 is 10.0 Å². The lowest BCUT2D eigenvalue weighted by molar-refractivity contribution is 0.426. The minimum atomic E-state index is -1.61. The van der Waals surface area contributed by atoms with Crippen LogP contribution in [-0.4, -0.2) is 22.2 Å². The van der Waals surface area contributed by atoms with Crippen LogP contribution in [0, 0.1) is 0 Å². The van der Waals surface area contributed by atoms with Gasteiger partial charge in [0.2, 0.25) is 0 Å². The second-order valence-electron chi connectivity index (χ2n) is 1.88. The van der Waals surface area contributed by atoms with Crippen LogP contribution in [0.3, 0.4) is 0 Å². The van der Waals surface area contributed by atoms with E-state index in [1.807, 2.05) is 13.8 Å². The minimum Gasteiger partial charge on any atom is -0.423 e. The molecule has 0 unspecified atom stereocenters. The normalized spacial score (nSPS) is 8.77. The van der Waals surface area contributed by atoms with Crippen LogP contribution in [0.2, 0.25) is 10.2 Å². The molecule has 1 rings (SSSR count). The fourth-order valence-electron chi connectivity index (χ4n) is 0.631. The number of hydrogen-bond acceptors (Lipinski definition) is 3. The Hall–Kier alpha value is -0.285. The Bertz CT molecular complexity index is 271. The maximum absolute atomic E-state index is 8.71. The SMILES string of the molecule is CC.OB(O)c1ccnc(Cl)c1Cl. The fraction of sp³-hybridized carbons (Fsp3) is 0.286. The van der Waals surface area contributed by atoms with Gasteiger partial charge in [-0.05, 0) is 6.07 Å². The van der Waals surface area contributed by atoms with Crippen LogP contribution in [0.15, 0.2) is 12.3 Å². The summed E-state index contributed by atoms with van der Waals surface area (Å²) in [5, 5.41) is 17.6. The molecule has 3 nitrogen and oxygen atoms in total. The van der Waals surface area contributed by atoms with Gasteiger partial charge in [0, 0.05) is 11.7 Å². The highest BCUT2D eigenvalue weighted by Gasteiger charge is 2.16. The average molecular weight is 222 g/mol. The number of pyridine rings is 1. The van der Waals surface area contributed by atoms with Crippen molar-refractivity contribution in [2.24, 2.45) is 0 Å². The third-order valence-corrected chi connectivity index (χ3v) is 1.94. The molecule has 1 aromatic rings. The Kier molecular flexibility index (Phi) is 6.08. The van der Waals surface area contributed by atoms with Crippen LogP contribution in [0.5, 0.6) is 0 Å². The topological polar surface area (TPSA) is 53.4 Å². The Labute approximate surface area is 87.5 Å². The van der Waals surface area contributed by atoms with E-state index in [4.69, 9.17) is 33.2 Å². The van der Waals surface area contributed by atoms with Gasteiger partial charge in [-0.25, -0.2) is 4.98 Å². The Morgan fingerprint density at radius 1 is 1.31 bits per heavy atom. The summed E-state index contributed by atoms with van der Waals surface area (Å²) >= 11 is 11.1. The van der Waals surface area contributed by atoms with E-state index in [-0.39, 0.29) is 15.6 Å². The molecule has 0 aromatic carbocycles. The molecular weight excluding hydrogens is 212 g/mol. The maximum Gasteiger partial charge on any atom is 0.490 e. The van der Waals surface area contributed by atoms with E-state index in [2.05, 4.69) is 4.98 Å². The van der Waals surface area contributed by atoms with Gasteiger partial charge in [-0.3, -0.25) is 0 Å². The second-order valence-corrected chi connectivity index (χ2v) is 2.61. The lowest BCUT2D eigenvalue weighted by Crippen LogP contribution is -2.31. The summed E-state index contributed by atoms with van der Waals surface area (Å²) in [7, 11) is -1.61. The van der Waals surface area contributed by atoms with Gasteiger partial charge in [0.05, 0.1) is 5.02 Å². The molecule has 0 atom stereocenters. The molecule has 0 fully saturated rings. The molecule has 2 N–H and O–H groups in total. The predicted molar refractivity (Wildman–Crippen MR) is 55.4 cm³/mol. The first kappa shape index (κ1) is 12.7. The van der Waals surface area contributed by atoms with Gasteiger partial charge in [-0.1, -0.05) is 37.0 Å². The van der Waals surface area contributed by atoms with Gasteiger partial charge in [0.15, 0.2) is 0 Å². The maximum atomic E-state index is 8.71. The molecule has 1 aromatic heterocycles. The van der Waals surface area contributed by atoms with Gasteiger partial charge in [0.25, 0.3) is 0 Å². The summed E-state index contributed by atoms with van der Waals surface area (Å²) in [6.45, 7) is 4.00. The highest BCUT2D eigenvalue weighted by molar-refractivity contribution is 6.63. The highest BCUT2D eigenvalue weighted by atomic mass is 35.5. The molecule has 13 heavy (non-hydrogen) atoms. The van der Waals surface area contributed by atoms with Crippen molar-refractivity contribution in [1.82, 2.24) is 4.98 Å². The summed E-state index contributed by atoms with van der Waals surface area (Å²) in [4.78, 5) is 3.63. The summed E-state index contributed by atoms with van der Waals surface area (Å²) in [6.07, 6.45) is 1.35. The van der Waals surface area contributed by atoms with Crippen LogP contribution in [0.4, 0.5) is 0 Å². The predicted octanol–water partition coefficient (Wildman–Crippen LogP) is 1.09. The zero-order chi connectivity index (χ0) is 10.4. The highest BCUT2D eigenvalue weighted by Crippen LogP contribution is 2.15. The van der Waals surface area contributed by atoms with Crippen LogP contribution in [0.25, 0.3) is 0 Å². The molecule has 0 aliphatic heterocycles. The van der Waals surface area contributed by atoms with E-state index >= 15 is 0 Å². The van der Waals surface area contributed by atoms with Gasteiger partial charge >= 0.3 is 7.12 Å². The molecule has 0 bridgehead atoms. The zero-order valence-corrected chi connectivity index (χ0v) is 8.84. The van der Waals surface area contributed by atoms with Gasteiger partial charge in [-0.2, -0.15) is 0 Å². The zero-order valence-electron chi connectivity index (χ0n) is 7.33. The quantitative estimate of drug-likeness (QED) is 0.552. The first-order valence-electron chi connectivity index (χ1n) is 3.79. The first-order chi connectivity index (χ1) is 6.13. The van der Waals surface area contributed by atoms with Crippen molar-refractivity contribution in [3.8, 4) is 0 Å². The van der Waals surface area contributed by atoms with Crippen molar-refractivity contribution in [1.29, 1.82) is 0 Å². The number of hydrogen-bond donors (Lipinski definition) is 2. The van der Waals surface area contributed by atoms with Crippen LogP contribution in [-0.2, 0) is 0 Å². The second kappa shape index (κ2) is 6.21. The monoisotopic (exact) mass is 221 g/mol. The van der Waals surface area contributed by atoms with Crippen LogP contribution < -0.4 is 5.46 Å². The molecule has 0 saturated heterocycles. The van der Waals surface area contributed by atoms with Crippen molar-refractivity contribution in [2.75, 3.05) is 0 Å². The minimum absolute atomic E-state index is 0.0669. The largest absolute Gasteiger partial charge is 0.490 e. The van der Waals surface area contributed by atoms with Gasteiger partial charge in [-0.15, -0.1) is 0 Å². The van der Waals surface area contributed by atoms with Crippen LogP contribution in [0.1, 0.15) is 13.8 Å². The summed E-state index contributed by atoms with van der Waals surface area (Å²) in [5.41, 5.74) is 0.159. The summed E-state index contributed by atoms with van der Waals surface area (Å²) in [6, 6.07) is 1.39. The van der Waals surface area contributed by atoms with Crippen LogP contribution >= 0.6 is 23.2 Å². The third-order valence-electron chi connectivity index (χ3n) is 1.15. The number of halogens is 2. The summed E-state index contributed by atoms with van der Waals surface area (Å²) in [5.74, 6) is 0. The molecule has 1 heterocycles. The summed E-state index contributed by atoms with van der Waals surface area (Å²) < 4.78 is 0. The molecule has 6 heteroatoms. The van der Waals surface area contributed by atoms with E-state index in [1.54, 1.807) is 0 Å². The van der Waals surface area contributed by atoms with Crippen molar-refractivity contribution in [3.63, 3.8) is 0 Å². The van der Waals surface area contributed by atoms with Crippen molar-refractivity contribution in [3.05, 3.63) is 22.4 Å². The Morgan fingerprint density at radius 2 is 1.85 bits per heavy atom. The third kappa shape index (κ3) is 3.52. The Balaban J connectivity index is 0.000000671. The number of rotatable bonds is 1. The van der Waals surface area contributed by atoms with E-state index < -0.39 is 7.12 Å². The smallest absolute Gasteiger partial charge is 0.423 e. The lowest BCUT2D eigenvalue weighted by Gasteiger charge is -2.01. The lowest BCUT2D eigenvalue weighted by atomic mass is 9.81. The molecule has 0 spiro atoms. The molecular formula is C7H10BCl2NO2. The standard InChI is InChI=1S/C5H4BCl2NO2.C2H6/c7-4-3(6(10)11)1-2-9-5(4)8;1-2/h1-2,10-11H;1-2H3. The molecule has 0 aliphatic carbocycles. The molecule has 72 valence electrons. The van der Waals surface area contributed by atoms with Gasteiger partial charge < -0.3 is 10.0 Å². The van der Waals surface area contributed by atoms with E-state index in [0.29, 0.717) is 0 Å². The van der Waals surface area contributed by atoms with E-state index in [0.717, 1.165) is 0 Å². The first-order valence-corrected chi connectivity index (χ1v) is 4.54. The van der Waals surface area contributed by atoms with E-state index in [1.165, 1.54) is 12.3 Å². The number of aromatic nitrogens is 1. The van der Waals surface area contributed by atoms with Crippen molar-refractivity contribution in [2.45, 2.75) is 13.8 Å². The fourth-order valence-corrected chi connectivity index (χ4v) is 1.01. The Morgan fingerprint density at radius 3 is 2.23 bits per heavy atom. The number of nitrogens with zero attached hydrogens (tertiary/aromatic N) is 1. The molecule has 0 aliphatic rings. The molecule has 0 saturated carbocycles. The molecule has 0 radical (unpaired) electrons. The molecule has 0 amide bonds.